The van der Waals surface area contributed by atoms with Crippen LogP contribution in [0.5, 0.6) is 5.75 Å². The first-order chi connectivity index (χ1) is 9.56. The lowest BCUT2D eigenvalue weighted by molar-refractivity contribution is 0.386. The highest BCUT2D eigenvalue weighted by molar-refractivity contribution is 9.10. The number of rotatable bonds is 4. The molecule has 4 heteroatoms. The quantitative estimate of drug-likeness (QED) is 0.902. The summed E-state index contributed by atoms with van der Waals surface area (Å²) in [6, 6.07) is 11.1. The third kappa shape index (κ3) is 3.02. The van der Waals surface area contributed by atoms with E-state index in [0.717, 1.165) is 21.2 Å². The minimum atomic E-state index is -0.353. The molecular formula is C16H17BrFNO. The Morgan fingerprint density at radius 1 is 1.20 bits per heavy atom. The van der Waals surface area contributed by atoms with Crippen LogP contribution in [-0.4, -0.2) is 14.2 Å². The van der Waals surface area contributed by atoms with Crippen LogP contribution in [0.3, 0.4) is 0 Å². The van der Waals surface area contributed by atoms with Crippen LogP contribution in [-0.2, 0) is 0 Å². The van der Waals surface area contributed by atoms with Gasteiger partial charge in [0.1, 0.15) is 0 Å². The topological polar surface area (TPSA) is 21.3 Å². The van der Waals surface area contributed by atoms with Crippen molar-refractivity contribution in [3.05, 3.63) is 63.4 Å². The molecule has 2 rings (SSSR count). The fraction of sp³-hybridized carbons (Fsp3) is 0.250. The summed E-state index contributed by atoms with van der Waals surface area (Å²) in [5.41, 5.74) is 3.10. The van der Waals surface area contributed by atoms with E-state index in [2.05, 4.69) is 27.3 Å². The van der Waals surface area contributed by atoms with E-state index in [1.165, 1.54) is 13.2 Å². The highest BCUT2D eigenvalue weighted by atomic mass is 79.9. The predicted octanol–water partition coefficient (Wildman–Crippen LogP) is 4.21. The van der Waals surface area contributed by atoms with Gasteiger partial charge in [-0.1, -0.05) is 39.7 Å². The Balaban J connectivity index is 2.46. The first-order valence-electron chi connectivity index (χ1n) is 6.33. The number of hydrogen-bond donors (Lipinski definition) is 1. The second-order valence-electron chi connectivity index (χ2n) is 4.64. The zero-order valence-corrected chi connectivity index (χ0v) is 13.3. The van der Waals surface area contributed by atoms with Gasteiger partial charge in [-0.3, -0.25) is 0 Å². The Hall–Kier alpha value is -1.39. The van der Waals surface area contributed by atoms with Crippen molar-refractivity contribution in [2.45, 2.75) is 13.0 Å². The second-order valence-corrected chi connectivity index (χ2v) is 5.49. The van der Waals surface area contributed by atoms with Gasteiger partial charge in [0.05, 0.1) is 13.2 Å². The molecule has 0 aliphatic carbocycles. The molecule has 0 spiro atoms. The zero-order valence-electron chi connectivity index (χ0n) is 11.7. The van der Waals surface area contributed by atoms with Crippen LogP contribution in [0.15, 0.2) is 40.9 Å². The zero-order chi connectivity index (χ0) is 14.7. The second kappa shape index (κ2) is 6.37. The van der Waals surface area contributed by atoms with Crippen LogP contribution in [0.25, 0.3) is 0 Å². The third-order valence-electron chi connectivity index (χ3n) is 3.26. The molecule has 0 amide bonds. The molecule has 0 aliphatic rings. The number of aryl methyl sites for hydroxylation is 1. The maximum atomic E-state index is 13.9. The summed E-state index contributed by atoms with van der Waals surface area (Å²) in [5.74, 6) is -0.0964. The van der Waals surface area contributed by atoms with Gasteiger partial charge in [-0.15, -0.1) is 0 Å². The summed E-state index contributed by atoms with van der Waals surface area (Å²) < 4.78 is 19.8. The molecule has 0 saturated carbocycles. The average Bonchev–Trinajstić information content (AvgIpc) is 2.44. The standard InChI is InChI=1S/C16H17BrFNO/c1-10-4-6-13(17)12(8-10)16(19-2)11-5-7-15(20-3)14(18)9-11/h4-9,16,19H,1-3H3. The maximum Gasteiger partial charge on any atom is 0.165 e. The van der Waals surface area contributed by atoms with Crippen molar-refractivity contribution in [1.82, 2.24) is 5.32 Å². The van der Waals surface area contributed by atoms with Gasteiger partial charge in [0.15, 0.2) is 11.6 Å². The van der Waals surface area contributed by atoms with E-state index in [9.17, 15) is 4.39 Å². The molecule has 1 atom stereocenters. The van der Waals surface area contributed by atoms with E-state index >= 15 is 0 Å². The SMILES string of the molecule is CNC(c1ccc(OC)c(F)c1)c1cc(C)ccc1Br. The van der Waals surface area contributed by atoms with Gasteiger partial charge in [0.2, 0.25) is 0 Å². The van der Waals surface area contributed by atoms with E-state index in [-0.39, 0.29) is 17.6 Å². The Morgan fingerprint density at radius 2 is 1.95 bits per heavy atom. The predicted molar refractivity (Wildman–Crippen MR) is 82.7 cm³/mol. The summed E-state index contributed by atoms with van der Waals surface area (Å²) >= 11 is 3.56. The number of hydrogen-bond acceptors (Lipinski definition) is 2. The minimum Gasteiger partial charge on any atom is -0.494 e. The molecule has 0 radical (unpaired) electrons. The molecule has 2 nitrogen and oxygen atoms in total. The molecule has 0 bridgehead atoms. The lowest BCUT2D eigenvalue weighted by Gasteiger charge is -2.20. The van der Waals surface area contributed by atoms with Crippen LogP contribution < -0.4 is 10.1 Å². The molecule has 1 N–H and O–H groups in total. The number of benzene rings is 2. The Labute approximate surface area is 127 Å². The molecular weight excluding hydrogens is 321 g/mol. The summed E-state index contributed by atoms with van der Waals surface area (Å²) in [7, 11) is 3.33. The van der Waals surface area contributed by atoms with E-state index in [1.807, 2.05) is 32.2 Å². The Bertz CT molecular complexity index is 615. The van der Waals surface area contributed by atoms with Gasteiger partial charge in [-0.05, 0) is 43.3 Å². The molecule has 0 aromatic heterocycles. The molecule has 106 valence electrons. The number of ether oxygens (including phenoxy) is 1. The lowest BCUT2D eigenvalue weighted by Crippen LogP contribution is -2.18. The van der Waals surface area contributed by atoms with Crippen molar-refractivity contribution < 1.29 is 9.13 Å². The van der Waals surface area contributed by atoms with Gasteiger partial charge < -0.3 is 10.1 Å². The summed E-state index contributed by atoms with van der Waals surface area (Å²) in [6.07, 6.45) is 0. The van der Waals surface area contributed by atoms with Gasteiger partial charge in [-0.25, -0.2) is 4.39 Å². The van der Waals surface area contributed by atoms with E-state index in [4.69, 9.17) is 4.74 Å². The molecule has 1 unspecified atom stereocenters. The van der Waals surface area contributed by atoms with Gasteiger partial charge >= 0.3 is 0 Å². The van der Waals surface area contributed by atoms with E-state index < -0.39 is 0 Å². The molecule has 2 aromatic carbocycles. The molecule has 0 aliphatic heterocycles. The number of halogens is 2. The van der Waals surface area contributed by atoms with Crippen molar-refractivity contribution >= 4 is 15.9 Å². The normalized spacial score (nSPS) is 12.2. The minimum absolute atomic E-state index is 0.0790. The summed E-state index contributed by atoms with van der Waals surface area (Å²) in [6.45, 7) is 2.04. The van der Waals surface area contributed by atoms with Gasteiger partial charge in [0, 0.05) is 4.47 Å². The van der Waals surface area contributed by atoms with E-state index in [1.54, 1.807) is 6.07 Å². The monoisotopic (exact) mass is 337 g/mol. The van der Waals surface area contributed by atoms with Crippen LogP contribution in [0.2, 0.25) is 0 Å². The van der Waals surface area contributed by atoms with Crippen LogP contribution >= 0.6 is 15.9 Å². The molecule has 0 fully saturated rings. The first-order valence-corrected chi connectivity index (χ1v) is 7.13. The highest BCUT2D eigenvalue weighted by Gasteiger charge is 2.17. The fourth-order valence-electron chi connectivity index (χ4n) is 2.25. The summed E-state index contributed by atoms with van der Waals surface area (Å²) in [5, 5.41) is 3.23. The largest absolute Gasteiger partial charge is 0.494 e. The van der Waals surface area contributed by atoms with Gasteiger partial charge in [0.25, 0.3) is 0 Å². The van der Waals surface area contributed by atoms with Crippen molar-refractivity contribution in [3.63, 3.8) is 0 Å². The maximum absolute atomic E-state index is 13.9. The first kappa shape index (κ1) is 15.0. The Kier molecular flexibility index (Phi) is 4.78. The molecule has 0 heterocycles. The van der Waals surface area contributed by atoms with Crippen LogP contribution in [0.4, 0.5) is 4.39 Å². The van der Waals surface area contributed by atoms with Crippen molar-refractivity contribution in [3.8, 4) is 5.75 Å². The van der Waals surface area contributed by atoms with Crippen LogP contribution in [0.1, 0.15) is 22.7 Å². The molecule has 2 aromatic rings. The summed E-state index contributed by atoms with van der Waals surface area (Å²) in [4.78, 5) is 0. The average molecular weight is 338 g/mol. The van der Waals surface area contributed by atoms with Crippen LogP contribution in [0, 0.1) is 12.7 Å². The number of methoxy groups -OCH3 is 1. The number of nitrogens with one attached hydrogen (secondary N) is 1. The lowest BCUT2D eigenvalue weighted by atomic mass is 9.97. The molecule has 0 saturated heterocycles. The smallest absolute Gasteiger partial charge is 0.165 e. The van der Waals surface area contributed by atoms with Gasteiger partial charge in [-0.2, -0.15) is 0 Å². The Morgan fingerprint density at radius 3 is 2.55 bits per heavy atom. The van der Waals surface area contributed by atoms with Crippen molar-refractivity contribution in [1.29, 1.82) is 0 Å². The fourth-order valence-corrected chi connectivity index (χ4v) is 2.72. The molecule has 20 heavy (non-hydrogen) atoms. The highest BCUT2D eigenvalue weighted by Crippen LogP contribution is 2.31. The third-order valence-corrected chi connectivity index (χ3v) is 3.98. The van der Waals surface area contributed by atoms with E-state index in [0.29, 0.717) is 0 Å². The van der Waals surface area contributed by atoms with Crippen molar-refractivity contribution in [2.75, 3.05) is 14.2 Å². The van der Waals surface area contributed by atoms with Crippen molar-refractivity contribution in [2.24, 2.45) is 0 Å².